The van der Waals surface area contributed by atoms with Crippen LogP contribution in [0.1, 0.15) is 77.2 Å². The zero-order chi connectivity index (χ0) is 20.8. The van der Waals surface area contributed by atoms with Gasteiger partial charge in [-0.2, -0.15) is 0 Å². The Kier molecular flexibility index (Phi) is 11.1. The molecule has 1 aromatic rings. The third-order valence-corrected chi connectivity index (χ3v) is 6.14. The van der Waals surface area contributed by atoms with E-state index in [1.54, 1.807) is 0 Å². The molecule has 0 N–H and O–H groups in total. The van der Waals surface area contributed by atoms with Crippen molar-refractivity contribution in [1.29, 1.82) is 0 Å². The number of allylic oxidation sites excluding steroid dienone is 1. The topological polar surface area (TPSA) is 26.3 Å². The van der Waals surface area contributed by atoms with Gasteiger partial charge < -0.3 is 9.22 Å². The highest BCUT2D eigenvalue weighted by atomic mass is 16.5. The third-order valence-electron chi connectivity index (χ3n) is 6.14. The molecule has 1 fully saturated rings. The zero-order valence-corrected chi connectivity index (χ0v) is 18.8. The van der Waals surface area contributed by atoms with Crippen molar-refractivity contribution in [3.63, 3.8) is 0 Å². The van der Waals surface area contributed by atoms with Crippen molar-refractivity contribution in [2.75, 3.05) is 32.8 Å². The fraction of sp³-hybridized carbons (Fsp3) is 0.654. The first-order chi connectivity index (χ1) is 14.1. The van der Waals surface area contributed by atoms with E-state index in [9.17, 15) is 4.79 Å². The second-order valence-corrected chi connectivity index (χ2v) is 8.89. The number of hydrogen-bond donors (Lipinski definition) is 0. The fourth-order valence-corrected chi connectivity index (χ4v) is 4.32. The van der Waals surface area contributed by atoms with E-state index in [4.69, 9.17) is 4.74 Å². The fourth-order valence-electron chi connectivity index (χ4n) is 4.32. The Balaban J connectivity index is 1.79. The Morgan fingerprint density at radius 3 is 2.41 bits per heavy atom. The summed E-state index contributed by atoms with van der Waals surface area (Å²) < 4.78 is 6.48. The van der Waals surface area contributed by atoms with E-state index in [-0.39, 0.29) is 5.97 Å². The van der Waals surface area contributed by atoms with Crippen LogP contribution in [0.3, 0.4) is 0 Å². The highest BCUT2D eigenvalue weighted by Crippen LogP contribution is 2.20. The third kappa shape index (κ3) is 9.62. The average Bonchev–Trinajstić information content (AvgIpc) is 2.73. The lowest BCUT2D eigenvalue weighted by Gasteiger charge is -2.40. The zero-order valence-electron chi connectivity index (χ0n) is 18.8. The normalized spacial score (nSPS) is 16.6. The van der Waals surface area contributed by atoms with E-state index in [1.165, 1.54) is 62.5 Å². The molecule has 0 radical (unpaired) electrons. The minimum atomic E-state index is -0.00503. The summed E-state index contributed by atoms with van der Waals surface area (Å²) in [7, 11) is 0. The maximum absolute atomic E-state index is 12.5. The molecule has 0 spiro atoms. The van der Waals surface area contributed by atoms with Gasteiger partial charge >= 0.3 is 5.97 Å². The van der Waals surface area contributed by atoms with E-state index >= 15 is 0 Å². The predicted octanol–water partition coefficient (Wildman–Crippen LogP) is 6.08. The van der Waals surface area contributed by atoms with Gasteiger partial charge in [0.2, 0.25) is 0 Å². The van der Waals surface area contributed by atoms with Gasteiger partial charge in [-0.25, -0.2) is 4.79 Å². The van der Waals surface area contributed by atoms with E-state index < -0.39 is 0 Å². The van der Waals surface area contributed by atoms with Crippen LogP contribution in [0, 0.1) is 0 Å². The van der Waals surface area contributed by atoms with Crippen LogP contribution < -0.4 is 0 Å². The summed E-state index contributed by atoms with van der Waals surface area (Å²) in [6.45, 7) is 8.72. The summed E-state index contributed by atoms with van der Waals surface area (Å²) in [6.07, 6.45) is 14.4. The van der Waals surface area contributed by atoms with Crippen molar-refractivity contribution in [2.24, 2.45) is 0 Å². The first kappa shape index (κ1) is 23.7. The molecule has 1 heterocycles. The lowest BCUT2D eigenvalue weighted by molar-refractivity contribution is -0.920. The number of esters is 1. The predicted molar refractivity (Wildman–Crippen MR) is 122 cm³/mol. The van der Waals surface area contributed by atoms with Gasteiger partial charge in [-0.15, -0.1) is 0 Å². The van der Waals surface area contributed by atoms with Crippen molar-refractivity contribution in [3.8, 4) is 0 Å². The van der Waals surface area contributed by atoms with Gasteiger partial charge in [-0.05, 0) is 50.7 Å². The number of nitrogens with zero attached hydrogens (tertiary/aromatic N) is 1. The number of quaternary nitrogens is 1. The van der Waals surface area contributed by atoms with Gasteiger partial charge in [0, 0.05) is 0 Å². The lowest BCUT2D eigenvalue weighted by atomic mass is 10.0. The number of likely N-dealkylation sites (tertiary alicyclic amines) is 1. The smallest absolute Gasteiger partial charge is 0.361 e. The number of unbranched alkanes of at least 4 members (excludes halogenated alkanes) is 5. The number of hydrogen-bond acceptors (Lipinski definition) is 2. The molecule has 1 saturated heterocycles. The minimum Gasteiger partial charge on any atom is -0.462 e. The van der Waals surface area contributed by atoms with Crippen LogP contribution in [0.4, 0.5) is 0 Å². The highest BCUT2D eigenvalue weighted by Gasteiger charge is 2.32. The highest BCUT2D eigenvalue weighted by molar-refractivity contribution is 5.70. The van der Waals surface area contributed by atoms with Crippen molar-refractivity contribution in [3.05, 3.63) is 47.5 Å². The largest absolute Gasteiger partial charge is 0.462 e. The summed E-state index contributed by atoms with van der Waals surface area (Å²) in [5.41, 5.74) is 2.74. The van der Waals surface area contributed by atoms with E-state index in [0.717, 1.165) is 37.0 Å². The summed E-state index contributed by atoms with van der Waals surface area (Å²) in [5, 5.41) is 0. The molecule has 0 bridgehead atoms. The van der Waals surface area contributed by atoms with Crippen LogP contribution in [0.2, 0.25) is 0 Å². The number of carbonyl (C=O) groups is 1. The summed E-state index contributed by atoms with van der Waals surface area (Å²) in [6, 6.07) is 10.6. The molecule has 29 heavy (non-hydrogen) atoms. The van der Waals surface area contributed by atoms with Crippen molar-refractivity contribution in [1.82, 2.24) is 0 Å². The molecule has 0 atom stereocenters. The molecule has 1 aliphatic rings. The molecule has 0 amide bonds. The van der Waals surface area contributed by atoms with Gasteiger partial charge in [0.25, 0.3) is 0 Å². The number of benzene rings is 1. The van der Waals surface area contributed by atoms with Crippen LogP contribution in [-0.2, 0) is 16.0 Å². The first-order valence-corrected chi connectivity index (χ1v) is 11.8. The molecule has 1 aliphatic heterocycles. The summed E-state index contributed by atoms with van der Waals surface area (Å²) >= 11 is 0. The van der Waals surface area contributed by atoms with Crippen LogP contribution in [0.25, 0.3) is 0 Å². The van der Waals surface area contributed by atoms with E-state index in [1.807, 2.05) is 0 Å². The van der Waals surface area contributed by atoms with Crippen molar-refractivity contribution >= 4 is 5.97 Å². The Morgan fingerprint density at radius 2 is 1.69 bits per heavy atom. The summed E-state index contributed by atoms with van der Waals surface area (Å²) in [4.78, 5) is 12.5. The minimum absolute atomic E-state index is 0.00503. The van der Waals surface area contributed by atoms with E-state index in [2.05, 4.69) is 50.3 Å². The van der Waals surface area contributed by atoms with Crippen LogP contribution in [-0.4, -0.2) is 43.2 Å². The second kappa shape index (κ2) is 13.6. The number of piperidine rings is 1. The molecule has 3 heteroatoms. The Morgan fingerprint density at radius 1 is 1.00 bits per heavy atom. The van der Waals surface area contributed by atoms with Gasteiger partial charge in [-0.3, -0.25) is 0 Å². The average molecular weight is 401 g/mol. The van der Waals surface area contributed by atoms with E-state index in [0.29, 0.717) is 13.2 Å². The van der Waals surface area contributed by atoms with Crippen LogP contribution in [0.5, 0.6) is 0 Å². The van der Waals surface area contributed by atoms with Gasteiger partial charge in [-0.1, -0.05) is 74.9 Å². The molecule has 0 unspecified atom stereocenters. The quantitative estimate of drug-likeness (QED) is 0.174. The number of ether oxygens (including phenoxy) is 1. The van der Waals surface area contributed by atoms with Gasteiger partial charge in [0.05, 0.1) is 26.2 Å². The molecule has 1 aromatic carbocycles. The molecule has 0 aliphatic carbocycles. The molecular formula is C26H42NO2+. The monoisotopic (exact) mass is 400 g/mol. The SMILES string of the molecule is CCCCCCCCOC(=O)C[N+]1(C/C=C(\C)Cc2ccccc2)CCCCC1. The lowest BCUT2D eigenvalue weighted by Crippen LogP contribution is -2.54. The maximum Gasteiger partial charge on any atom is 0.361 e. The molecule has 0 aromatic heterocycles. The molecule has 3 nitrogen and oxygen atoms in total. The van der Waals surface area contributed by atoms with Gasteiger partial charge in [0.15, 0.2) is 6.54 Å². The molecule has 2 rings (SSSR count). The van der Waals surface area contributed by atoms with Crippen LogP contribution >= 0.6 is 0 Å². The first-order valence-electron chi connectivity index (χ1n) is 11.8. The Hall–Kier alpha value is -1.61. The van der Waals surface area contributed by atoms with Crippen molar-refractivity contribution < 1.29 is 14.0 Å². The molecule has 0 saturated carbocycles. The van der Waals surface area contributed by atoms with Crippen LogP contribution in [0.15, 0.2) is 42.0 Å². The Bertz CT molecular complexity index is 602. The van der Waals surface area contributed by atoms with Crippen molar-refractivity contribution in [2.45, 2.75) is 78.1 Å². The summed E-state index contributed by atoms with van der Waals surface area (Å²) in [5.74, 6) is -0.00503. The Labute approximate surface area is 178 Å². The molecule has 162 valence electrons. The maximum atomic E-state index is 12.5. The number of rotatable bonds is 13. The second-order valence-electron chi connectivity index (χ2n) is 8.89. The van der Waals surface area contributed by atoms with Gasteiger partial charge in [0.1, 0.15) is 0 Å². The number of carbonyl (C=O) groups excluding carboxylic acids is 1. The standard InChI is InChI=1S/C26H42NO2/c1-3-4-5-6-7-14-21-29-26(28)23-27(18-12-9-13-19-27)20-17-24(2)22-25-15-10-8-11-16-25/h8,10-11,15-17H,3-7,9,12-14,18-23H2,1-2H3/q+1/b24-17+. The molecular weight excluding hydrogens is 358 g/mol.